The summed E-state index contributed by atoms with van der Waals surface area (Å²) in [7, 11) is 1.88. The largest absolute Gasteiger partial charge is 0.355 e. The van der Waals surface area contributed by atoms with Crippen molar-refractivity contribution in [2.45, 2.75) is 62.8 Å². The van der Waals surface area contributed by atoms with E-state index in [1.54, 1.807) is 0 Å². The van der Waals surface area contributed by atoms with Crippen molar-refractivity contribution in [3.8, 4) is 0 Å². The highest BCUT2D eigenvalue weighted by molar-refractivity contribution is 14.0. The maximum atomic E-state index is 4.40. The van der Waals surface area contributed by atoms with Gasteiger partial charge < -0.3 is 10.6 Å². The highest BCUT2D eigenvalue weighted by Crippen LogP contribution is 2.28. The first-order chi connectivity index (χ1) is 10.3. The Balaban J connectivity index is 0.00000242. The van der Waals surface area contributed by atoms with Crippen LogP contribution in [0.4, 0.5) is 0 Å². The van der Waals surface area contributed by atoms with Crippen LogP contribution in [-0.2, 0) is 0 Å². The van der Waals surface area contributed by atoms with Crippen molar-refractivity contribution in [3.05, 3.63) is 0 Å². The summed E-state index contributed by atoms with van der Waals surface area (Å²) in [5, 5.41) is 7.98. The molecule has 0 aromatic heterocycles. The van der Waals surface area contributed by atoms with Crippen molar-refractivity contribution < 1.29 is 0 Å². The summed E-state index contributed by atoms with van der Waals surface area (Å²) in [6.45, 7) is 5.84. The van der Waals surface area contributed by atoms with Crippen molar-refractivity contribution in [2.24, 2.45) is 4.99 Å². The highest BCUT2D eigenvalue weighted by Gasteiger charge is 2.25. The molecule has 4 nitrogen and oxygen atoms in total. The summed E-state index contributed by atoms with van der Waals surface area (Å²) in [5.41, 5.74) is 0. The average Bonchev–Trinajstić information content (AvgIpc) is 3.18. The Hall–Kier alpha value is 0.310. The van der Waals surface area contributed by atoms with E-state index in [1.165, 1.54) is 51.6 Å². The summed E-state index contributed by atoms with van der Waals surface area (Å²) in [4.78, 5) is 7.03. The number of hydrogen-bond acceptors (Lipinski definition) is 3. The molecule has 2 fully saturated rings. The Morgan fingerprint density at radius 3 is 2.59 bits per heavy atom. The Labute approximate surface area is 157 Å². The van der Waals surface area contributed by atoms with Crippen LogP contribution < -0.4 is 10.6 Å². The predicted molar refractivity (Wildman–Crippen MR) is 110 cm³/mol. The van der Waals surface area contributed by atoms with Crippen LogP contribution in [0, 0.1) is 0 Å². The van der Waals surface area contributed by atoms with Gasteiger partial charge in [-0.2, -0.15) is 11.8 Å². The molecule has 2 aliphatic rings. The fourth-order valence-corrected chi connectivity index (χ4v) is 4.32. The molecule has 0 aromatic rings. The van der Waals surface area contributed by atoms with E-state index in [0.717, 1.165) is 17.8 Å². The summed E-state index contributed by atoms with van der Waals surface area (Å²) < 4.78 is 0. The number of thioether (sulfide) groups is 1. The molecule has 1 saturated carbocycles. The quantitative estimate of drug-likeness (QED) is 0.379. The molecule has 2 rings (SSSR count). The van der Waals surface area contributed by atoms with Crippen molar-refractivity contribution in [2.75, 3.05) is 32.9 Å². The highest BCUT2D eigenvalue weighted by atomic mass is 127. The molecule has 0 bridgehead atoms. The lowest BCUT2D eigenvalue weighted by Crippen LogP contribution is -2.48. The van der Waals surface area contributed by atoms with Crippen LogP contribution in [0.5, 0.6) is 0 Å². The molecular formula is C16H33IN4S. The van der Waals surface area contributed by atoms with Crippen LogP contribution in [0.1, 0.15) is 45.4 Å². The molecule has 2 N–H and O–H groups in total. The summed E-state index contributed by atoms with van der Waals surface area (Å²) in [5.74, 6) is 0.986. The van der Waals surface area contributed by atoms with E-state index in [2.05, 4.69) is 33.7 Å². The second kappa shape index (κ2) is 11.0. The fraction of sp³-hybridized carbons (Fsp3) is 0.938. The van der Waals surface area contributed by atoms with Gasteiger partial charge in [-0.25, -0.2) is 0 Å². The zero-order chi connectivity index (χ0) is 15.1. The van der Waals surface area contributed by atoms with E-state index in [1.807, 2.05) is 18.8 Å². The molecular weight excluding hydrogens is 407 g/mol. The van der Waals surface area contributed by atoms with Gasteiger partial charge in [-0.3, -0.25) is 9.89 Å². The third kappa shape index (κ3) is 6.07. The van der Waals surface area contributed by atoms with Gasteiger partial charge in [0.2, 0.25) is 0 Å². The van der Waals surface area contributed by atoms with Crippen LogP contribution >= 0.6 is 35.7 Å². The smallest absolute Gasteiger partial charge is 0.191 e. The maximum Gasteiger partial charge on any atom is 0.191 e. The van der Waals surface area contributed by atoms with Gasteiger partial charge in [-0.05, 0) is 57.9 Å². The first-order valence-electron chi connectivity index (χ1n) is 8.50. The molecule has 0 spiro atoms. The first-order valence-corrected chi connectivity index (χ1v) is 9.79. The van der Waals surface area contributed by atoms with Crippen molar-refractivity contribution in [1.29, 1.82) is 0 Å². The van der Waals surface area contributed by atoms with Gasteiger partial charge in [0.15, 0.2) is 5.96 Å². The van der Waals surface area contributed by atoms with Crippen molar-refractivity contribution in [3.63, 3.8) is 0 Å². The number of aliphatic imine (C=N–C) groups is 1. The van der Waals surface area contributed by atoms with Crippen molar-refractivity contribution >= 4 is 41.7 Å². The molecule has 3 atom stereocenters. The zero-order valence-corrected chi connectivity index (χ0v) is 17.5. The number of likely N-dealkylation sites (tertiary alicyclic amines) is 1. The number of halogens is 1. The molecule has 3 unspecified atom stereocenters. The molecule has 22 heavy (non-hydrogen) atoms. The van der Waals surface area contributed by atoms with Gasteiger partial charge in [0.25, 0.3) is 0 Å². The lowest BCUT2D eigenvalue weighted by molar-refractivity contribution is 0.236. The van der Waals surface area contributed by atoms with E-state index >= 15 is 0 Å². The van der Waals surface area contributed by atoms with Crippen LogP contribution in [0.2, 0.25) is 0 Å². The molecule has 6 heteroatoms. The second-order valence-corrected chi connectivity index (χ2v) is 7.41. The average molecular weight is 440 g/mol. The molecule has 1 heterocycles. The summed E-state index contributed by atoms with van der Waals surface area (Å²) in [6.07, 6.45) is 10.0. The van der Waals surface area contributed by atoms with E-state index < -0.39 is 0 Å². The minimum absolute atomic E-state index is 0. The standard InChI is InChI=1S/C16H32N4S.HI/c1-4-14(20-9-5-6-10-20)12-18-16(17-2)19-13-7-8-15(11-13)21-3;/h13-15H,4-12H2,1-3H3,(H2,17,18,19);1H. The van der Waals surface area contributed by atoms with Gasteiger partial charge >= 0.3 is 0 Å². The maximum absolute atomic E-state index is 4.40. The third-order valence-electron chi connectivity index (χ3n) is 4.92. The molecule has 0 radical (unpaired) electrons. The molecule has 0 aromatic carbocycles. The first kappa shape index (κ1) is 20.4. The van der Waals surface area contributed by atoms with Crippen LogP contribution in [0.3, 0.4) is 0 Å². The topological polar surface area (TPSA) is 39.7 Å². The second-order valence-electron chi connectivity index (χ2n) is 6.27. The Morgan fingerprint density at radius 2 is 2.05 bits per heavy atom. The predicted octanol–water partition coefficient (Wildman–Crippen LogP) is 2.93. The third-order valence-corrected chi connectivity index (χ3v) is 6.01. The van der Waals surface area contributed by atoms with E-state index in [4.69, 9.17) is 0 Å². The number of hydrogen-bond donors (Lipinski definition) is 2. The Kier molecular flexibility index (Phi) is 10.1. The molecule has 1 aliphatic carbocycles. The molecule has 1 aliphatic heterocycles. The minimum atomic E-state index is 0. The molecule has 1 saturated heterocycles. The van der Waals surface area contributed by atoms with Gasteiger partial charge in [0.05, 0.1) is 0 Å². The monoisotopic (exact) mass is 440 g/mol. The molecule has 130 valence electrons. The molecule has 0 amide bonds. The Bertz CT molecular complexity index is 334. The van der Waals surface area contributed by atoms with Crippen LogP contribution in [-0.4, -0.2) is 61.1 Å². The van der Waals surface area contributed by atoms with Crippen LogP contribution in [0.15, 0.2) is 4.99 Å². The van der Waals surface area contributed by atoms with Gasteiger partial charge in [-0.1, -0.05) is 6.92 Å². The van der Waals surface area contributed by atoms with Gasteiger partial charge in [-0.15, -0.1) is 24.0 Å². The lowest BCUT2D eigenvalue weighted by atomic mass is 10.2. The van der Waals surface area contributed by atoms with E-state index in [-0.39, 0.29) is 24.0 Å². The number of nitrogens with one attached hydrogen (secondary N) is 2. The number of rotatable bonds is 6. The van der Waals surface area contributed by atoms with Gasteiger partial charge in [0, 0.05) is 30.9 Å². The van der Waals surface area contributed by atoms with Crippen molar-refractivity contribution in [1.82, 2.24) is 15.5 Å². The number of guanidine groups is 1. The van der Waals surface area contributed by atoms with Crippen LogP contribution in [0.25, 0.3) is 0 Å². The van der Waals surface area contributed by atoms with E-state index in [0.29, 0.717) is 12.1 Å². The lowest BCUT2D eigenvalue weighted by Gasteiger charge is -2.28. The fourth-order valence-electron chi connectivity index (χ4n) is 3.53. The SMILES string of the molecule is CCC(CNC(=NC)NC1CCC(SC)C1)N1CCCC1.I. The van der Waals surface area contributed by atoms with Gasteiger partial charge in [0.1, 0.15) is 0 Å². The Morgan fingerprint density at radius 1 is 1.32 bits per heavy atom. The van der Waals surface area contributed by atoms with E-state index in [9.17, 15) is 0 Å². The normalized spacial score (nSPS) is 27.5. The minimum Gasteiger partial charge on any atom is -0.355 e. The summed E-state index contributed by atoms with van der Waals surface area (Å²) >= 11 is 2.00. The zero-order valence-electron chi connectivity index (χ0n) is 14.3. The summed E-state index contributed by atoms with van der Waals surface area (Å²) in [6, 6.07) is 1.24. The number of nitrogens with zero attached hydrogens (tertiary/aromatic N) is 2.